The fourth-order valence-corrected chi connectivity index (χ4v) is 3.45. The van der Waals surface area contributed by atoms with E-state index in [1.807, 2.05) is 18.3 Å². The first-order chi connectivity index (χ1) is 13.3. The van der Waals surface area contributed by atoms with Crippen molar-refractivity contribution in [2.45, 2.75) is 26.3 Å². The minimum atomic E-state index is 0.742. The molecule has 0 amide bonds. The van der Waals surface area contributed by atoms with Gasteiger partial charge >= 0.3 is 0 Å². The molecule has 1 saturated heterocycles. The van der Waals surface area contributed by atoms with E-state index < -0.39 is 0 Å². The third-order valence-corrected chi connectivity index (χ3v) is 4.88. The SMILES string of the molecule is CCCN(C)Cc1c[nH]nc1-c1ccc(OCCCN2CCOCC2)cc1. The lowest BCUT2D eigenvalue weighted by molar-refractivity contribution is 0.0358. The molecule has 0 spiro atoms. The van der Waals surface area contributed by atoms with Crippen LogP contribution in [-0.4, -0.2) is 73.0 Å². The molecule has 1 fully saturated rings. The first-order valence-electron chi connectivity index (χ1n) is 10.0. The van der Waals surface area contributed by atoms with Crippen LogP contribution < -0.4 is 4.74 Å². The topological polar surface area (TPSA) is 53.6 Å². The lowest BCUT2D eigenvalue weighted by Gasteiger charge is -2.26. The molecule has 0 unspecified atom stereocenters. The van der Waals surface area contributed by atoms with Gasteiger partial charge in [0.2, 0.25) is 0 Å². The van der Waals surface area contributed by atoms with Crippen LogP contribution in [0.2, 0.25) is 0 Å². The van der Waals surface area contributed by atoms with Crippen LogP contribution >= 0.6 is 0 Å². The highest BCUT2D eigenvalue weighted by Gasteiger charge is 2.11. The van der Waals surface area contributed by atoms with Crippen molar-refractivity contribution in [3.05, 3.63) is 36.0 Å². The average Bonchev–Trinajstić information content (AvgIpc) is 3.15. The second-order valence-corrected chi connectivity index (χ2v) is 7.18. The Morgan fingerprint density at radius 3 is 2.74 bits per heavy atom. The summed E-state index contributed by atoms with van der Waals surface area (Å²) in [5.74, 6) is 0.918. The van der Waals surface area contributed by atoms with Gasteiger partial charge in [-0.2, -0.15) is 5.10 Å². The van der Waals surface area contributed by atoms with Crippen LogP contribution in [0.5, 0.6) is 5.75 Å². The number of morpholine rings is 1. The van der Waals surface area contributed by atoms with Crippen LogP contribution in [0.15, 0.2) is 30.5 Å². The van der Waals surface area contributed by atoms with Crippen LogP contribution in [-0.2, 0) is 11.3 Å². The molecule has 6 heteroatoms. The Kier molecular flexibility index (Phi) is 7.68. The smallest absolute Gasteiger partial charge is 0.119 e. The first-order valence-corrected chi connectivity index (χ1v) is 10.0. The van der Waals surface area contributed by atoms with E-state index in [4.69, 9.17) is 9.47 Å². The number of H-pyrrole nitrogens is 1. The van der Waals surface area contributed by atoms with Crippen molar-refractivity contribution in [2.24, 2.45) is 0 Å². The van der Waals surface area contributed by atoms with Crippen LogP contribution in [0.4, 0.5) is 0 Å². The van der Waals surface area contributed by atoms with E-state index in [0.29, 0.717) is 0 Å². The Balaban J connectivity index is 1.48. The molecule has 1 aromatic heterocycles. The molecular weight excluding hydrogens is 340 g/mol. The molecule has 2 aromatic rings. The Bertz CT molecular complexity index is 665. The van der Waals surface area contributed by atoms with E-state index in [-0.39, 0.29) is 0 Å². The van der Waals surface area contributed by atoms with Crippen molar-refractivity contribution in [3.63, 3.8) is 0 Å². The molecule has 1 aromatic carbocycles. The van der Waals surface area contributed by atoms with Crippen molar-refractivity contribution in [1.29, 1.82) is 0 Å². The minimum absolute atomic E-state index is 0.742. The van der Waals surface area contributed by atoms with Crippen LogP contribution in [0, 0.1) is 0 Å². The third-order valence-electron chi connectivity index (χ3n) is 4.88. The normalized spacial score (nSPS) is 15.4. The largest absolute Gasteiger partial charge is 0.494 e. The monoisotopic (exact) mass is 372 g/mol. The molecule has 2 heterocycles. The van der Waals surface area contributed by atoms with Gasteiger partial charge in [0.25, 0.3) is 0 Å². The maximum Gasteiger partial charge on any atom is 0.119 e. The lowest BCUT2D eigenvalue weighted by atomic mass is 10.1. The second-order valence-electron chi connectivity index (χ2n) is 7.18. The zero-order valence-corrected chi connectivity index (χ0v) is 16.6. The number of rotatable bonds is 10. The number of nitrogens with one attached hydrogen (secondary N) is 1. The first kappa shape index (κ1) is 19.9. The van der Waals surface area contributed by atoms with E-state index in [1.165, 1.54) is 5.56 Å². The van der Waals surface area contributed by atoms with Gasteiger partial charge in [0.15, 0.2) is 0 Å². The zero-order chi connectivity index (χ0) is 18.9. The Labute approximate surface area is 162 Å². The number of aromatic nitrogens is 2. The summed E-state index contributed by atoms with van der Waals surface area (Å²) in [5.41, 5.74) is 3.37. The maximum atomic E-state index is 5.90. The maximum absolute atomic E-state index is 5.90. The minimum Gasteiger partial charge on any atom is -0.494 e. The van der Waals surface area contributed by atoms with E-state index in [2.05, 4.69) is 46.1 Å². The summed E-state index contributed by atoms with van der Waals surface area (Å²) >= 11 is 0. The van der Waals surface area contributed by atoms with Crippen LogP contribution in [0.1, 0.15) is 25.3 Å². The van der Waals surface area contributed by atoms with Gasteiger partial charge in [-0.15, -0.1) is 0 Å². The highest BCUT2D eigenvalue weighted by atomic mass is 16.5. The van der Waals surface area contributed by atoms with Crippen molar-refractivity contribution >= 4 is 0 Å². The number of aromatic amines is 1. The molecule has 1 N–H and O–H groups in total. The van der Waals surface area contributed by atoms with Gasteiger partial charge in [-0.05, 0) is 50.7 Å². The van der Waals surface area contributed by atoms with Crippen molar-refractivity contribution in [1.82, 2.24) is 20.0 Å². The molecular formula is C21H32N4O2. The molecule has 1 aliphatic heterocycles. The molecule has 27 heavy (non-hydrogen) atoms. The fourth-order valence-electron chi connectivity index (χ4n) is 3.45. The van der Waals surface area contributed by atoms with E-state index in [1.54, 1.807) is 0 Å². The molecule has 6 nitrogen and oxygen atoms in total. The standard InChI is InChI=1S/C21H32N4O2/c1-3-9-24(2)17-19-16-22-23-21(19)18-5-7-20(8-6-18)27-13-4-10-25-11-14-26-15-12-25/h5-8,16H,3-4,9-15,17H2,1-2H3,(H,22,23). The molecule has 148 valence electrons. The number of hydrogen-bond acceptors (Lipinski definition) is 5. The zero-order valence-electron chi connectivity index (χ0n) is 16.6. The summed E-state index contributed by atoms with van der Waals surface area (Å²) in [7, 11) is 2.15. The van der Waals surface area contributed by atoms with E-state index in [9.17, 15) is 0 Å². The summed E-state index contributed by atoms with van der Waals surface area (Å²) in [5, 5.41) is 7.46. The Morgan fingerprint density at radius 1 is 1.22 bits per heavy atom. The summed E-state index contributed by atoms with van der Waals surface area (Å²) in [6.45, 7) is 9.78. The molecule has 0 saturated carbocycles. The number of nitrogens with zero attached hydrogens (tertiary/aromatic N) is 3. The predicted octanol–water partition coefficient (Wildman–Crippen LogP) is 3.02. The van der Waals surface area contributed by atoms with Crippen LogP contribution in [0.25, 0.3) is 11.3 Å². The molecule has 0 radical (unpaired) electrons. The molecule has 3 rings (SSSR count). The van der Waals surface area contributed by atoms with Gasteiger partial charge in [0.1, 0.15) is 5.75 Å². The Morgan fingerprint density at radius 2 is 2.00 bits per heavy atom. The van der Waals surface area contributed by atoms with Gasteiger partial charge in [-0.25, -0.2) is 0 Å². The summed E-state index contributed by atoms with van der Waals surface area (Å²) in [4.78, 5) is 4.75. The third kappa shape index (κ3) is 6.06. The second kappa shape index (κ2) is 10.4. The van der Waals surface area contributed by atoms with Crippen molar-refractivity contribution in [3.8, 4) is 17.0 Å². The van der Waals surface area contributed by atoms with Crippen molar-refractivity contribution < 1.29 is 9.47 Å². The summed E-state index contributed by atoms with van der Waals surface area (Å²) in [6, 6.07) is 8.27. The lowest BCUT2D eigenvalue weighted by Crippen LogP contribution is -2.37. The Hall–Kier alpha value is -1.89. The van der Waals surface area contributed by atoms with Gasteiger partial charge in [-0.1, -0.05) is 6.92 Å². The predicted molar refractivity (Wildman–Crippen MR) is 108 cm³/mol. The molecule has 1 aliphatic rings. The van der Waals surface area contributed by atoms with Gasteiger partial charge < -0.3 is 14.4 Å². The average molecular weight is 373 g/mol. The van der Waals surface area contributed by atoms with Gasteiger partial charge in [0, 0.05) is 43.5 Å². The quantitative estimate of drug-likeness (QED) is 0.650. The highest BCUT2D eigenvalue weighted by Crippen LogP contribution is 2.24. The van der Waals surface area contributed by atoms with Gasteiger partial charge in [-0.3, -0.25) is 10.00 Å². The van der Waals surface area contributed by atoms with Gasteiger partial charge in [0.05, 0.1) is 25.5 Å². The summed E-state index contributed by atoms with van der Waals surface area (Å²) < 4.78 is 11.3. The number of benzene rings is 1. The van der Waals surface area contributed by atoms with Crippen molar-refractivity contribution in [2.75, 3.05) is 53.0 Å². The summed E-state index contributed by atoms with van der Waals surface area (Å²) in [6.07, 6.45) is 4.19. The number of hydrogen-bond donors (Lipinski definition) is 1. The fraction of sp³-hybridized carbons (Fsp3) is 0.571. The molecule has 0 atom stereocenters. The molecule has 0 aliphatic carbocycles. The van der Waals surface area contributed by atoms with E-state index in [0.717, 1.165) is 82.4 Å². The highest BCUT2D eigenvalue weighted by molar-refractivity contribution is 5.63. The molecule has 0 bridgehead atoms. The van der Waals surface area contributed by atoms with E-state index >= 15 is 0 Å². The van der Waals surface area contributed by atoms with Crippen LogP contribution in [0.3, 0.4) is 0 Å². The number of ether oxygens (including phenoxy) is 2.